The number of nitrogens with one attached hydrogen (secondary N) is 1. The summed E-state index contributed by atoms with van der Waals surface area (Å²) >= 11 is 0. The molecule has 0 amide bonds. The molecule has 0 spiro atoms. The van der Waals surface area contributed by atoms with Gasteiger partial charge in [0.1, 0.15) is 12.0 Å². The molecule has 2 aliphatic heterocycles. The van der Waals surface area contributed by atoms with Gasteiger partial charge in [0.25, 0.3) is 0 Å². The van der Waals surface area contributed by atoms with Gasteiger partial charge in [0.05, 0.1) is 6.20 Å². The number of rotatable bonds is 5. The summed E-state index contributed by atoms with van der Waals surface area (Å²) in [5.41, 5.74) is 8.25. The molecule has 0 aliphatic carbocycles. The van der Waals surface area contributed by atoms with E-state index < -0.39 is 0 Å². The van der Waals surface area contributed by atoms with E-state index in [4.69, 9.17) is 4.99 Å². The van der Waals surface area contributed by atoms with E-state index in [9.17, 15) is 0 Å². The van der Waals surface area contributed by atoms with Gasteiger partial charge in [-0.05, 0) is 33.0 Å². The molecule has 1 saturated heterocycles. The molecule has 1 aromatic heterocycles. The smallest absolute Gasteiger partial charge is 0.151 e. The fourth-order valence-electron chi connectivity index (χ4n) is 5.88. The Morgan fingerprint density at radius 3 is 2.10 bits per heavy atom. The Morgan fingerprint density at radius 1 is 0.615 bits per heavy atom. The number of hydrogen-bond acceptors (Lipinski definition) is 4. The van der Waals surface area contributed by atoms with Crippen molar-refractivity contribution in [3.05, 3.63) is 150 Å². The van der Waals surface area contributed by atoms with E-state index in [0.717, 1.165) is 22.5 Å². The molecule has 3 heterocycles. The summed E-state index contributed by atoms with van der Waals surface area (Å²) in [4.78, 5) is 5.39. The van der Waals surface area contributed by atoms with Gasteiger partial charge in [0, 0.05) is 22.9 Å². The lowest BCUT2D eigenvalue weighted by atomic mass is 9.91. The predicted molar refractivity (Wildman–Crippen MR) is 156 cm³/mol. The first-order chi connectivity index (χ1) is 19.4. The zero-order chi connectivity index (χ0) is 25.8. The van der Waals surface area contributed by atoms with Crippen LogP contribution in [0.3, 0.4) is 0 Å². The number of hydrogen-bond donors (Lipinski definition) is 1. The van der Waals surface area contributed by atoms with Crippen LogP contribution in [0.1, 0.15) is 29.0 Å². The maximum absolute atomic E-state index is 5.39. The highest BCUT2D eigenvalue weighted by atomic mass is 15.9. The Hall–Kier alpha value is -5.00. The number of nitrogens with zero attached hydrogens (tertiary/aromatic N) is 4. The second kappa shape index (κ2) is 8.79. The molecule has 8 rings (SSSR count). The lowest BCUT2D eigenvalue weighted by Gasteiger charge is -2.19. The van der Waals surface area contributed by atoms with E-state index >= 15 is 0 Å². The fourth-order valence-corrected chi connectivity index (χ4v) is 5.88. The van der Waals surface area contributed by atoms with Crippen molar-refractivity contribution in [3.63, 3.8) is 0 Å². The van der Waals surface area contributed by atoms with Crippen LogP contribution < -0.4 is 0 Å². The zero-order valence-electron chi connectivity index (χ0n) is 21.1. The van der Waals surface area contributed by atoms with Crippen LogP contribution >= 0.6 is 0 Å². The summed E-state index contributed by atoms with van der Waals surface area (Å²) in [6.07, 6.45) is 3.79. The quantitative estimate of drug-likeness (QED) is 0.247. The van der Waals surface area contributed by atoms with E-state index in [2.05, 4.69) is 142 Å². The minimum atomic E-state index is -0.139. The molecular weight excluding hydrogens is 478 g/mol. The van der Waals surface area contributed by atoms with Crippen LogP contribution in [0.25, 0.3) is 33.0 Å². The van der Waals surface area contributed by atoms with E-state index in [-0.39, 0.29) is 12.3 Å². The molecular formula is C34H25N5. The van der Waals surface area contributed by atoms with Crippen LogP contribution in [0.5, 0.6) is 0 Å². The number of amidine groups is 1. The van der Waals surface area contributed by atoms with Crippen LogP contribution in [-0.4, -0.2) is 26.1 Å². The lowest BCUT2D eigenvalue weighted by molar-refractivity contribution is 0.344. The highest BCUT2D eigenvalue weighted by Crippen LogP contribution is 2.56. The number of aromatic nitrogens is 2. The van der Waals surface area contributed by atoms with Crippen LogP contribution in [-0.2, 0) is 0 Å². The average Bonchev–Trinajstić information content (AvgIpc) is 3.31. The third-order valence-electron chi connectivity index (χ3n) is 7.77. The number of aromatic amines is 1. The molecule has 0 radical (unpaired) electrons. The molecule has 2 aliphatic rings. The molecule has 5 heteroatoms. The Balaban J connectivity index is 1.30. The Morgan fingerprint density at radius 2 is 1.33 bits per heavy atom. The molecule has 3 atom stereocenters. The summed E-state index contributed by atoms with van der Waals surface area (Å²) in [5.74, 6) is 1.02. The number of aliphatic imine (C=N–C) groups is 1. The normalized spacial score (nSPS) is 19.6. The summed E-state index contributed by atoms with van der Waals surface area (Å²) in [6, 6.07) is 43.2. The first-order valence-electron chi connectivity index (χ1n) is 13.2. The van der Waals surface area contributed by atoms with Crippen molar-refractivity contribution in [3.8, 4) is 22.3 Å². The second-order valence-electron chi connectivity index (χ2n) is 10.0. The molecule has 0 bridgehead atoms. The molecule has 5 nitrogen and oxygen atoms in total. The fraction of sp³-hybridized carbons (Fsp3) is 0.0588. The van der Waals surface area contributed by atoms with E-state index in [1.165, 1.54) is 33.0 Å². The van der Waals surface area contributed by atoms with Gasteiger partial charge in [-0.1, -0.05) is 121 Å². The highest BCUT2D eigenvalue weighted by Gasteiger charge is 2.58. The van der Waals surface area contributed by atoms with Gasteiger partial charge in [-0.15, -0.1) is 0 Å². The number of benzene rings is 5. The van der Waals surface area contributed by atoms with Crippen LogP contribution in [0.15, 0.2) is 139 Å². The van der Waals surface area contributed by atoms with Gasteiger partial charge in [-0.2, -0.15) is 10.1 Å². The Kier molecular flexibility index (Phi) is 4.96. The summed E-state index contributed by atoms with van der Waals surface area (Å²) in [5, 5.41) is 14.2. The molecule has 0 saturated carbocycles. The molecule has 1 fully saturated rings. The Bertz CT molecular complexity index is 1810. The molecule has 3 unspecified atom stereocenters. The van der Waals surface area contributed by atoms with Crippen molar-refractivity contribution < 1.29 is 0 Å². The van der Waals surface area contributed by atoms with Crippen molar-refractivity contribution in [2.45, 2.75) is 12.3 Å². The van der Waals surface area contributed by atoms with Crippen molar-refractivity contribution in [1.82, 2.24) is 20.2 Å². The first-order valence-corrected chi connectivity index (χ1v) is 13.2. The van der Waals surface area contributed by atoms with E-state index in [1.807, 2.05) is 12.4 Å². The maximum Gasteiger partial charge on any atom is 0.151 e. The van der Waals surface area contributed by atoms with Crippen molar-refractivity contribution >= 4 is 16.6 Å². The third-order valence-corrected chi connectivity index (χ3v) is 7.77. The van der Waals surface area contributed by atoms with E-state index in [0.29, 0.717) is 0 Å². The lowest BCUT2D eigenvalue weighted by Crippen LogP contribution is -2.11. The zero-order valence-corrected chi connectivity index (χ0v) is 21.1. The molecule has 5 aromatic carbocycles. The van der Waals surface area contributed by atoms with Crippen molar-refractivity contribution in [1.29, 1.82) is 0 Å². The van der Waals surface area contributed by atoms with E-state index in [1.54, 1.807) is 0 Å². The SMILES string of the molecule is c1ccc(C2=NC(c3c(-c4ccc(-c5cn[nH]c5)cc4)ccc4ccccc34)N3C(c4ccccc4)N23)cc1. The topological polar surface area (TPSA) is 47.1 Å². The molecule has 6 aromatic rings. The van der Waals surface area contributed by atoms with Crippen molar-refractivity contribution in [2.24, 2.45) is 4.99 Å². The minimum Gasteiger partial charge on any atom is -0.285 e. The molecule has 1 N–H and O–H groups in total. The summed E-state index contributed by atoms with van der Waals surface area (Å²) in [7, 11) is 0. The van der Waals surface area contributed by atoms with Gasteiger partial charge < -0.3 is 0 Å². The van der Waals surface area contributed by atoms with Crippen molar-refractivity contribution in [2.75, 3.05) is 0 Å². The molecule has 39 heavy (non-hydrogen) atoms. The van der Waals surface area contributed by atoms with Gasteiger partial charge in [-0.25, -0.2) is 4.99 Å². The minimum absolute atomic E-state index is 0.139. The average molecular weight is 504 g/mol. The number of H-pyrrole nitrogens is 1. The van der Waals surface area contributed by atoms with Gasteiger partial charge in [-0.3, -0.25) is 10.1 Å². The number of hydrazine groups is 1. The van der Waals surface area contributed by atoms with Crippen LogP contribution in [0.2, 0.25) is 0 Å². The Labute approximate surface area is 226 Å². The maximum atomic E-state index is 5.39. The first kappa shape index (κ1) is 22.0. The van der Waals surface area contributed by atoms with Crippen LogP contribution in [0.4, 0.5) is 0 Å². The van der Waals surface area contributed by atoms with Gasteiger partial charge in [0.15, 0.2) is 6.17 Å². The van der Waals surface area contributed by atoms with Crippen LogP contribution in [0, 0.1) is 0 Å². The third kappa shape index (κ3) is 3.59. The largest absolute Gasteiger partial charge is 0.285 e. The predicted octanol–water partition coefficient (Wildman–Crippen LogP) is 7.59. The molecule has 186 valence electrons. The standard InChI is InChI=1S/C34H25N5/c1-3-10-26(11-4-1)32-37-33(39-34(38(32)39)27-12-5-2-6-13-27)31-29-14-8-7-9-24(29)19-20-30(31)25-17-15-23(16-18-25)28-21-35-36-22-28/h1-22,33-34H,(H,35,36). The van der Waals surface area contributed by atoms with Gasteiger partial charge in [0.2, 0.25) is 0 Å². The highest BCUT2D eigenvalue weighted by molar-refractivity contribution is 6.02. The number of fused-ring (bicyclic) bond motifs is 2. The monoisotopic (exact) mass is 503 g/mol. The second-order valence-corrected chi connectivity index (χ2v) is 10.0. The summed E-state index contributed by atoms with van der Waals surface area (Å²) in [6.45, 7) is 0. The summed E-state index contributed by atoms with van der Waals surface area (Å²) < 4.78 is 0. The van der Waals surface area contributed by atoms with Gasteiger partial charge >= 0.3 is 0 Å².